The second-order valence-electron chi connectivity index (χ2n) is 0. The molecule has 0 unspecified atom stereocenters. The molecule has 0 atom stereocenters. The molecule has 0 aromatic rings. The van der Waals surface area contributed by atoms with E-state index in [0.717, 1.165) is 0 Å². The summed E-state index contributed by atoms with van der Waals surface area (Å²) in [4.78, 5) is 0. The SMILES string of the molecule is O.O.OCl.[Al]. The maximum absolute atomic E-state index is 6.47. The first-order chi connectivity index (χ1) is 1.00. The fourth-order valence-corrected chi connectivity index (χ4v) is 0. The van der Waals surface area contributed by atoms with Crippen LogP contribution in [0, 0.1) is 0 Å². The number of rotatable bonds is 0. The molecular weight excluding hydrogens is 110 g/mol. The normalized spacial score (nSPS) is 1.20. The van der Waals surface area contributed by atoms with Gasteiger partial charge in [-0.3, -0.25) is 4.66 Å². The molecular formula is H5AlClO3. The minimum atomic E-state index is 0. The largest absolute Gasteiger partial charge is 0.412 e. The summed E-state index contributed by atoms with van der Waals surface area (Å²) in [7, 11) is 0. The first-order valence-corrected chi connectivity index (χ1v) is 0.507. The fraction of sp³-hybridized carbons (Fsp3) is 0. The lowest BCUT2D eigenvalue weighted by atomic mass is 15.9. The third-order valence-electron chi connectivity index (χ3n) is 0. The van der Waals surface area contributed by atoms with E-state index < -0.39 is 0 Å². The molecule has 0 aliphatic carbocycles. The molecule has 0 saturated heterocycles. The highest BCUT2D eigenvalue weighted by Gasteiger charge is 0.897. The van der Waals surface area contributed by atoms with Gasteiger partial charge in [0, 0.05) is 17.4 Å². The van der Waals surface area contributed by atoms with Crippen molar-refractivity contribution in [3.05, 3.63) is 0 Å². The van der Waals surface area contributed by atoms with Crippen molar-refractivity contribution in [2.24, 2.45) is 0 Å². The van der Waals surface area contributed by atoms with Crippen LogP contribution in [0.15, 0.2) is 0 Å². The lowest BCUT2D eigenvalue weighted by Gasteiger charge is -1.13. The van der Waals surface area contributed by atoms with E-state index in [1.165, 1.54) is 0 Å². The van der Waals surface area contributed by atoms with Gasteiger partial charge in [-0.2, -0.15) is 0 Å². The molecule has 0 spiro atoms. The van der Waals surface area contributed by atoms with Crippen LogP contribution in [-0.4, -0.2) is 33.0 Å². The van der Waals surface area contributed by atoms with Gasteiger partial charge < -0.3 is 11.0 Å². The lowest BCUT2D eigenvalue weighted by molar-refractivity contribution is 0.632. The van der Waals surface area contributed by atoms with Gasteiger partial charge >= 0.3 is 0 Å². The molecule has 33 valence electrons. The molecule has 0 fully saturated rings. The molecule has 0 saturated carbocycles. The van der Waals surface area contributed by atoms with Crippen LogP contribution in [0.2, 0.25) is 0 Å². The van der Waals surface area contributed by atoms with E-state index in [9.17, 15) is 0 Å². The van der Waals surface area contributed by atoms with Gasteiger partial charge in [-0.15, -0.1) is 0 Å². The zero-order valence-corrected chi connectivity index (χ0v) is 4.31. The highest BCUT2D eigenvalue weighted by Crippen LogP contribution is 1.31. The van der Waals surface area contributed by atoms with Crippen LogP contribution in [0.1, 0.15) is 0 Å². The van der Waals surface area contributed by atoms with Gasteiger partial charge in [-0.25, -0.2) is 0 Å². The summed E-state index contributed by atoms with van der Waals surface area (Å²) < 4.78 is 6.47. The van der Waals surface area contributed by atoms with Crippen molar-refractivity contribution in [2.75, 3.05) is 0 Å². The molecule has 0 aliphatic heterocycles. The van der Waals surface area contributed by atoms with Crippen LogP contribution in [0.5, 0.6) is 0 Å². The van der Waals surface area contributed by atoms with Gasteiger partial charge in [-0.05, 0) is 0 Å². The van der Waals surface area contributed by atoms with E-state index >= 15 is 0 Å². The van der Waals surface area contributed by atoms with Crippen LogP contribution in [0.4, 0.5) is 0 Å². The fourth-order valence-electron chi connectivity index (χ4n) is 0. The third kappa shape index (κ3) is 69.6. The lowest BCUT2D eigenvalue weighted by Crippen LogP contribution is -0.913. The summed E-state index contributed by atoms with van der Waals surface area (Å²) in [6.07, 6.45) is 0. The average molecular weight is 115 g/mol. The van der Waals surface area contributed by atoms with Crippen LogP contribution in [0.3, 0.4) is 0 Å². The van der Waals surface area contributed by atoms with Crippen molar-refractivity contribution in [1.82, 2.24) is 0 Å². The zero-order chi connectivity index (χ0) is 2.00. The molecule has 3 radical (unpaired) electrons. The minimum absolute atomic E-state index is 0. The Morgan fingerprint density at radius 2 is 1.00 bits per heavy atom. The summed E-state index contributed by atoms with van der Waals surface area (Å²) in [5, 5.41) is 0. The van der Waals surface area contributed by atoms with E-state index in [4.69, 9.17) is 4.66 Å². The van der Waals surface area contributed by atoms with Crippen molar-refractivity contribution in [2.45, 2.75) is 0 Å². The van der Waals surface area contributed by atoms with E-state index in [-0.39, 0.29) is 28.3 Å². The van der Waals surface area contributed by atoms with Crippen molar-refractivity contribution < 1.29 is 15.6 Å². The predicted molar refractivity (Wildman–Crippen MR) is 21.1 cm³/mol. The average Bonchev–Trinajstić information content (AvgIpc) is 1.00. The molecule has 3 nitrogen and oxygen atoms in total. The molecule has 5 heteroatoms. The summed E-state index contributed by atoms with van der Waals surface area (Å²) in [5.74, 6) is 0. The van der Waals surface area contributed by atoms with Crippen LogP contribution in [-0.2, 0) is 0 Å². The van der Waals surface area contributed by atoms with E-state index in [1.54, 1.807) is 0 Å². The number of hydrogen-bond acceptors (Lipinski definition) is 1. The molecule has 0 heterocycles. The third-order valence-corrected chi connectivity index (χ3v) is 0. The molecule has 0 amide bonds. The topological polar surface area (TPSA) is 83.2 Å². The van der Waals surface area contributed by atoms with Gasteiger partial charge in [-0.1, -0.05) is 0 Å². The molecule has 0 rings (SSSR count). The zero-order valence-electron chi connectivity index (χ0n) is 2.40. The summed E-state index contributed by atoms with van der Waals surface area (Å²) in [5.41, 5.74) is 0. The van der Waals surface area contributed by atoms with E-state index in [2.05, 4.69) is 11.9 Å². The summed E-state index contributed by atoms with van der Waals surface area (Å²) >= 11 is 3.64. The van der Waals surface area contributed by atoms with Crippen molar-refractivity contribution >= 4 is 29.2 Å². The smallest absolute Gasteiger partial charge is 0.0579 e. The number of halogens is 1. The van der Waals surface area contributed by atoms with Crippen molar-refractivity contribution in [3.8, 4) is 0 Å². The van der Waals surface area contributed by atoms with Gasteiger partial charge in [0.05, 0.1) is 11.9 Å². The highest BCUT2D eigenvalue weighted by atomic mass is 35.5. The molecule has 0 aromatic heterocycles. The van der Waals surface area contributed by atoms with Crippen molar-refractivity contribution in [3.63, 3.8) is 0 Å². The predicted octanol–water partition coefficient (Wildman–Crippen LogP) is -1.90. The second kappa shape index (κ2) is 131. The molecule has 0 bridgehead atoms. The van der Waals surface area contributed by atoms with Crippen LogP contribution < -0.4 is 0 Å². The molecule has 0 aliphatic rings. The Hall–Kier alpha value is 0.702. The first kappa shape index (κ1) is 43.5. The van der Waals surface area contributed by atoms with Crippen LogP contribution >= 0.6 is 11.9 Å². The maximum Gasteiger partial charge on any atom is 0.0579 e. The monoisotopic (exact) mass is 115 g/mol. The summed E-state index contributed by atoms with van der Waals surface area (Å²) in [6, 6.07) is 0. The number of hydrogen-bond donors (Lipinski definition) is 1. The van der Waals surface area contributed by atoms with Gasteiger partial charge in [0.25, 0.3) is 0 Å². The Morgan fingerprint density at radius 1 is 1.00 bits per heavy atom. The van der Waals surface area contributed by atoms with E-state index in [1.807, 2.05) is 0 Å². The Morgan fingerprint density at radius 3 is 1.00 bits per heavy atom. The molecule has 0 aromatic carbocycles. The second-order valence-corrected chi connectivity index (χ2v) is 0. The Bertz CT molecular complexity index is 6.85. The highest BCUT2D eigenvalue weighted by molar-refractivity contribution is 6.04. The molecule has 5 N–H and O–H groups in total. The Balaban J connectivity index is -0.00000000167. The minimum Gasteiger partial charge on any atom is -0.412 e. The maximum atomic E-state index is 6.47. The van der Waals surface area contributed by atoms with Gasteiger partial charge in [0.2, 0.25) is 0 Å². The quantitative estimate of drug-likeness (QED) is 0.368. The summed E-state index contributed by atoms with van der Waals surface area (Å²) in [6.45, 7) is 0. The van der Waals surface area contributed by atoms with E-state index in [0.29, 0.717) is 0 Å². The first-order valence-electron chi connectivity index (χ1n) is 0.169. The van der Waals surface area contributed by atoms with Gasteiger partial charge in [0.1, 0.15) is 0 Å². The Labute approximate surface area is 45.5 Å². The standard InChI is InChI=1S/Al.ClHO.2H2O/c;1-2;;/h;2H;2*1H2. The molecule has 5 heavy (non-hydrogen) atoms. The van der Waals surface area contributed by atoms with Crippen LogP contribution in [0.25, 0.3) is 0 Å². The Kier molecular flexibility index (Phi) is 1140. The van der Waals surface area contributed by atoms with Gasteiger partial charge in [0.15, 0.2) is 0 Å². The van der Waals surface area contributed by atoms with Crippen molar-refractivity contribution in [1.29, 1.82) is 0 Å².